The second kappa shape index (κ2) is 10.3. The number of hydrogen-bond donors (Lipinski definition) is 3. The first kappa shape index (κ1) is 21.9. The highest BCUT2D eigenvalue weighted by Gasteiger charge is 2.13. The second-order valence-corrected chi connectivity index (χ2v) is 7.04. The molecule has 0 saturated carbocycles. The first-order valence-electron chi connectivity index (χ1n) is 9.36. The Morgan fingerprint density at radius 1 is 0.935 bits per heavy atom. The Balaban J connectivity index is 1.63. The number of anilines is 3. The number of nitrogens with one attached hydrogen (secondary N) is 3. The summed E-state index contributed by atoms with van der Waals surface area (Å²) in [6.07, 6.45) is 1.42. The fourth-order valence-corrected chi connectivity index (χ4v) is 2.80. The molecule has 3 aromatic rings. The molecule has 31 heavy (non-hydrogen) atoms. The van der Waals surface area contributed by atoms with E-state index in [1.54, 1.807) is 43.5 Å². The topological polar surface area (TPSA) is 91.8 Å². The molecule has 0 spiro atoms. The Kier molecular flexibility index (Phi) is 7.24. The number of hydrogen-bond acceptors (Lipinski definition) is 5. The second-order valence-electron chi connectivity index (χ2n) is 6.60. The minimum absolute atomic E-state index is 0.462. The molecule has 7 nitrogen and oxygen atoms in total. The number of aryl methyl sites for hydroxylation is 1. The van der Waals surface area contributed by atoms with Crippen LogP contribution in [0.4, 0.5) is 17.1 Å². The summed E-state index contributed by atoms with van der Waals surface area (Å²) < 4.78 is 5.05. The Labute approximate surface area is 185 Å². The lowest BCUT2D eigenvalue weighted by Gasteiger charge is -2.10. The van der Waals surface area contributed by atoms with Gasteiger partial charge in [0, 0.05) is 27.6 Å². The van der Waals surface area contributed by atoms with Crippen LogP contribution in [-0.4, -0.2) is 25.1 Å². The maximum absolute atomic E-state index is 12.0. The van der Waals surface area contributed by atoms with Crippen molar-refractivity contribution in [2.24, 2.45) is 5.10 Å². The van der Waals surface area contributed by atoms with E-state index in [2.05, 4.69) is 21.2 Å². The number of carbonyl (C=O) groups excluding carboxylic acids is 2. The molecule has 0 aliphatic heterocycles. The van der Waals surface area contributed by atoms with Crippen LogP contribution >= 0.6 is 11.6 Å². The van der Waals surface area contributed by atoms with Crippen molar-refractivity contribution in [3.8, 4) is 5.75 Å². The van der Waals surface area contributed by atoms with Gasteiger partial charge in [0.15, 0.2) is 0 Å². The summed E-state index contributed by atoms with van der Waals surface area (Å²) in [6.45, 7) is 2.01. The SMILES string of the molecule is COc1ccc(NC(=O)C(=O)N/N=C\c2cc(Cl)ccc2Nc2ccc(C)cc2)cc1. The molecule has 0 saturated heterocycles. The average Bonchev–Trinajstić information content (AvgIpc) is 2.77. The Bertz CT molecular complexity index is 1100. The van der Waals surface area contributed by atoms with Gasteiger partial charge in [0.05, 0.1) is 13.3 Å². The standard InChI is InChI=1S/C23H21ClN4O3/c1-15-3-6-18(7-4-15)26-21-12-5-17(24)13-16(21)14-25-28-23(30)22(29)27-19-8-10-20(31-2)11-9-19/h3-14,26H,1-2H3,(H,27,29)(H,28,30)/b25-14-. The normalized spacial score (nSPS) is 10.5. The number of rotatable bonds is 6. The summed E-state index contributed by atoms with van der Waals surface area (Å²) >= 11 is 6.09. The van der Waals surface area contributed by atoms with Gasteiger partial charge in [0.2, 0.25) is 0 Å². The number of methoxy groups -OCH3 is 1. The van der Waals surface area contributed by atoms with Crippen LogP contribution in [0.3, 0.4) is 0 Å². The average molecular weight is 437 g/mol. The molecule has 0 atom stereocenters. The molecule has 0 unspecified atom stereocenters. The number of amides is 2. The molecule has 0 heterocycles. The molecule has 0 bridgehead atoms. The lowest BCUT2D eigenvalue weighted by molar-refractivity contribution is -0.136. The maximum atomic E-state index is 12.0. The summed E-state index contributed by atoms with van der Waals surface area (Å²) in [5.41, 5.74) is 6.11. The monoisotopic (exact) mass is 436 g/mol. The van der Waals surface area contributed by atoms with Gasteiger partial charge in [-0.1, -0.05) is 29.3 Å². The van der Waals surface area contributed by atoms with E-state index >= 15 is 0 Å². The molecule has 2 amide bonds. The predicted molar refractivity (Wildman–Crippen MR) is 123 cm³/mol. The third-order valence-corrected chi connectivity index (χ3v) is 4.50. The third-order valence-electron chi connectivity index (χ3n) is 4.27. The van der Waals surface area contributed by atoms with Gasteiger partial charge in [-0.2, -0.15) is 5.10 Å². The molecular formula is C23H21ClN4O3. The van der Waals surface area contributed by atoms with Gasteiger partial charge in [0.25, 0.3) is 0 Å². The Hall–Kier alpha value is -3.84. The van der Waals surface area contributed by atoms with Crippen molar-refractivity contribution >= 4 is 46.7 Å². The lowest BCUT2D eigenvalue weighted by atomic mass is 10.1. The number of carbonyl (C=O) groups is 2. The fourth-order valence-electron chi connectivity index (χ4n) is 2.62. The first-order valence-corrected chi connectivity index (χ1v) is 9.74. The molecule has 3 rings (SSSR count). The summed E-state index contributed by atoms with van der Waals surface area (Å²) in [6, 6.07) is 19.8. The number of hydrazone groups is 1. The number of halogens is 1. The van der Waals surface area contributed by atoms with E-state index in [0.29, 0.717) is 22.0 Å². The van der Waals surface area contributed by atoms with Gasteiger partial charge < -0.3 is 15.4 Å². The largest absolute Gasteiger partial charge is 0.497 e. The molecule has 158 valence electrons. The van der Waals surface area contributed by atoms with Crippen molar-refractivity contribution in [3.05, 3.63) is 82.9 Å². The number of nitrogens with zero attached hydrogens (tertiary/aromatic N) is 1. The Morgan fingerprint density at radius 2 is 1.61 bits per heavy atom. The summed E-state index contributed by atoms with van der Waals surface area (Å²) in [4.78, 5) is 24.1. The molecule has 8 heteroatoms. The highest BCUT2D eigenvalue weighted by Crippen LogP contribution is 2.23. The van der Waals surface area contributed by atoms with E-state index in [0.717, 1.165) is 16.9 Å². The van der Waals surface area contributed by atoms with Crippen molar-refractivity contribution in [3.63, 3.8) is 0 Å². The van der Waals surface area contributed by atoms with Gasteiger partial charge in [-0.25, -0.2) is 5.43 Å². The van der Waals surface area contributed by atoms with Crippen LogP contribution in [0.25, 0.3) is 0 Å². The van der Waals surface area contributed by atoms with Crippen LogP contribution in [0.1, 0.15) is 11.1 Å². The van der Waals surface area contributed by atoms with E-state index < -0.39 is 11.8 Å². The maximum Gasteiger partial charge on any atom is 0.329 e. The highest BCUT2D eigenvalue weighted by molar-refractivity contribution is 6.39. The molecule has 0 radical (unpaired) electrons. The summed E-state index contributed by atoms with van der Waals surface area (Å²) in [5, 5.41) is 10.2. The molecule has 0 aromatic heterocycles. The van der Waals surface area contributed by atoms with E-state index in [1.807, 2.05) is 37.3 Å². The number of benzene rings is 3. The Morgan fingerprint density at radius 3 is 2.29 bits per heavy atom. The minimum atomic E-state index is -0.901. The van der Waals surface area contributed by atoms with Crippen molar-refractivity contribution < 1.29 is 14.3 Å². The first-order chi connectivity index (χ1) is 14.9. The van der Waals surface area contributed by atoms with Crippen LogP contribution in [0.5, 0.6) is 5.75 Å². The van der Waals surface area contributed by atoms with Crippen molar-refractivity contribution in [2.75, 3.05) is 17.7 Å². The molecular weight excluding hydrogens is 416 g/mol. The van der Waals surface area contributed by atoms with Crippen LogP contribution in [0.15, 0.2) is 71.8 Å². The van der Waals surface area contributed by atoms with Gasteiger partial charge in [-0.15, -0.1) is 0 Å². The van der Waals surface area contributed by atoms with Gasteiger partial charge >= 0.3 is 11.8 Å². The van der Waals surface area contributed by atoms with Crippen molar-refractivity contribution in [1.82, 2.24) is 5.43 Å². The zero-order valence-corrected chi connectivity index (χ0v) is 17.7. The van der Waals surface area contributed by atoms with Crippen molar-refractivity contribution in [1.29, 1.82) is 0 Å². The lowest BCUT2D eigenvalue weighted by Crippen LogP contribution is -2.32. The van der Waals surface area contributed by atoms with Crippen LogP contribution < -0.4 is 20.8 Å². The fraction of sp³-hybridized carbons (Fsp3) is 0.0870. The molecule has 3 aromatic carbocycles. The van der Waals surface area contributed by atoms with Crippen LogP contribution in [0, 0.1) is 6.92 Å². The van der Waals surface area contributed by atoms with E-state index in [-0.39, 0.29) is 0 Å². The van der Waals surface area contributed by atoms with E-state index in [4.69, 9.17) is 16.3 Å². The zero-order valence-electron chi connectivity index (χ0n) is 17.0. The molecule has 0 aliphatic rings. The predicted octanol–water partition coefficient (Wildman–Crippen LogP) is 4.49. The summed E-state index contributed by atoms with van der Waals surface area (Å²) in [5.74, 6) is -1.10. The van der Waals surface area contributed by atoms with E-state index in [9.17, 15) is 9.59 Å². The minimum Gasteiger partial charge on any atom is -0.497 e. The van der Waals surface area contributed by atoms with Crippen LogP contribution in [-0.2, 0) is 9.59 Å². The van der Waals surface area contributed by atoms with Gasteiger partial charge in [-0.3, -0.25) is 9.59 Å². The van der Waals surface area contributed by atoms with Gasteiger partial charge in [-0.05, 0) is 61.5 Å². The van der Waals surface area contributed by atoms with E-state index in [1.165, 1.54) is 6.21 Å². The van der Waals surface area contributed by atoms with Gasteiger partial charge in [0.1, 0.15) is 5.75 Å². The van der Waals surface area contributed by atoms with Crippen molar-refractivity contribution in [2.45, 2.75) is 6.92 Å². The smallest absolute Gasteiger partial charge is 0.329 e. The number of ether oxygens (including phenoxy) is 1. The summed E-state index contributed by atoms with van der Waals surface area (Å²) in [7, 11) is 1.54. The highest BCUT2D eigenvalue weighted by atomic mass is 35.5. The van der Waals surface area contributed by atoms with Crippen LogP contribution in [0.2, 0.25) is 5.02 Å². The zero-order chi connectivity index (χ0) is 22.2. The quantitative estimate of drug-likeness (QED) is 0.301. The molecule has 0 aliphatic carbocycles. The molecule has 3 N–H and O–H groups in total. The third kappa shape index (κ3) is 6.32. The molecule has 0 fully saturated rings.